The molecule has 0 bridgehead atoms. The second-order valence-corrected chi connectivity index (χ2v) is 7.91. The molecular formula is C20H27N. The third kappa shape index (κ3) is 2.88. The minimum absolute atomic E-state index is 0.466. The van der Waals surface area contributed by atoms with Gasteiger partial charge in [0.15, 0.2) is 0 Å². The number of rotatable bonds is 7. The van der Waals surface area contributed by atoms with Gasteiger partial charge in [0.2, 0.25) is 0 Å². The Balaban J connectivity index is 1.44. The van der Waals surface area contributed by atoms with Crippen molar-refractivity contribution in [3.8, 4) is 0 Å². The fourth-order valence-electron chi connectivity index (χ4n) is 3.79. The van der Waals surface area contributed by atoms with Crippen LogP contribution in [0.1, 0.15) is 50.5 Å². The Kier molecular flexibility index (Phi) is 3.13. The van der Waals surface area contributed by atoms with Crippen LogP contribution in [0.5, 0.6) is 0 Å². The molecule has 0 aromatic heterocycles. The fourth-order valence-corrected chi connectivity index (χ4v) is 3.79. The lowest BCUT2D eigenvalue weighted by Gasteiger charge is -2.30. The van der Waals surface area contributed by atoms with Crippen LogP contribution in [-0.2, 0) is 0 Å². The maximum absolute atomic E-state index is 4.43. The van der Waals surface area contributed by atoms with Gasteiger partial charge in [0.25, 0.3) is 0 Å². The zero-order valence-corrected chi connectivity index (χ0v) is 13.2. The van der Waals surface area contributed by atoms with Gasteiger partial charge in [-0.1, -0.05) is 43.8 Å². The van der Waals surface area contributed by atoms with Gasteiger partial charge in [0.05, 0.1) is 0 Å². The monoisotopic (exact) mass is 281 g/mol. The van der Waals surface area contributed by atoms with E-state index >= 15 is 0 Å². The van der Waals surface area contributed by atoms with Crippen LogP contribution in [0.2, 0.25) is 0 Å². The Hall–Kier alpha value is -1.24. The van der Waals surface area contributed by atoms with Crippen molar-refractivity contribution in [1.82, 2.24) is 4.90 Å². The second kappa shape index (κ2) is 4.90. The molecule has 1 heteroatoms. The standard InChI is InChI=1S/C20H27N/c1-15(17-10-11-17)21(13-16-8-9-16)14-20(2)12-19(20)18-6-4-3-5-7-18/h3-7,16-17,19H,1,8-14H2,2H3. The predicted octanol–water partition coefficient (Wildman–Crippen LogP) is 4.82. The van der Waals surface area contributed by atoms with Crippen LogP contribution in [0.3, 0.4) is 0 Å². The van der Waals surface area contributed by atoms with E-state index in [-0.39, 0.29) is 0 Å². The summed E-state index contributed by atoms with van der Waals surface area (Å²) < 4.78 is 0. The van der Waals surface area contributed by atoms with Gasteiger partial charge in [-0.05, 0) is 60.8 Å². The Morgan fingerprint density at radius 1 is 1.19 bits per heavy atom. The number of hydrogen-bond donors (Lipinski definition) is 0. The minimum Gasteiger partial charge on any atom is -0.374 e. The highest BCUT2D eigenvalue weighted by Gasteiger charge is 2.52. The predicted molar refractivity (Wildman–Crippen MR) is 88.1 cm³/mol. The summed E-state index contributed by atoms with van der Waals surface area (Å²) in [6.45, 7) is 9.40. The smallest absolute Gasteiger partial charge is 0.0235 e. The van der Waals surface area contributed by atoms with E-state index in [9.17, 15) is 0 Å². The molecule has 0 heterocycles. The lowest BCUT2D eigenvalue weighted by molar-refractivity contribution is 0.258. The summed E-state index contributed by atoms with van der Waals surface area (Å²) in [5.74, 6) is 2.52. The summed E-state index contributed by atoms with van der Waals surface area (Å²) in [5, 5.41) is 0. The highest BCUT2D eigenvalue weighted by Crippen LogP contribution is 2.60. The van der Waals surface area contributed by atoms with Gasteiger partial charge in [0, 0.05) is 18.8 Å². The Morgan fingerprint density at radius 2 is 1.90 bits per heavy atom. The molecule has 0 radical (unpaired) electrons. The third-order valence-electron chi connectivity index (χ3n) is 5.74. The molecule has 2 unspecified atom stereocenters. The van der Waals surface area contributed by atoms with Crippen molar-refractivity contribution in [2.24, 2.45) is 17.3 Å². The van der Waals surface area contributed by atoms with E-state index in [0.717, 1.165) is 17.8 Å². The van der Waals surface area contributed by atoms with Crippen LogP contribution in [0.4, 0.5) is 0 Å². The number of allylic oxidation sites excluding steroid dienone is 1. The lowest BCUT2D eigenvalue weighted by atomic mass is 9.99. The SMILES string of the molecule is C=C(C1CC1)N(CC1CC1)CC1(C)CC1c1ccccc1. The molecule has 0 amide bonds. The molecule has 3 fully saturated rings. The maximum atomic E-state index is 4.43. The molecule has 0 N–H and O–H groups in total. The highest BCUT2D eigenvalue weighted by molar-refractivity contribution is 5.29. The van der Waals surface area contributed by atoms with Crippen molar-refractivity contribution in [2.75, 3.05) is 13.1 Å². The molecule has 0 spiro atoms. The van der Waals surface area contributed by atoms with Crippen molar-refractivity contribution in [3.63, 3.8) is 0 Å². The molecule has 0 saturated heterocycles. The number of hydrogen-bond acceptors (Lipinski definition) is 1. The average Bonchev–Trinajstić information content (AvgIpc) is 3.33. The van der Waals surface area contributed by atoms with Crippen LogP contribution >= 0.6 is 0 Å². The summed E-state index contributed by atoms with van der Waals surface area (Å²) in [4.78, 5) is 2.66. The molecule has 1 aromatic carbocycles. The maximum Gasteiger partial charge on any atom is 0.0235 e. The van der Waals surface area contributed by atoms with E-state index in [1.165, 1.54) is 56.5 Å². The summed E-state index contributed by atoms with van der Waals surface area (Å²) in [5.41, 5.74) is 3.44. The van der Waals surface area contributed by atoms with Gasteiger partial charge >= 0.3 is 0 Å². The van der Waals surface area contributed by atoms with Gasteiger partial charge in [-0.15, -0.1) is 0 Å². The minimum atomic E-state index is 0.466. The van der Waals surface area contributed by atoms with Crippen LogP contribution in [0, 0.1) is 17.3 Å². The number of benzene rings is 1. The molecule has 3 aliphatic rings. The van der Waals surface area contributed by atoms with Crippen molar-refractivity contribution in [2.45, 2.75) is 44.9 Å². The molecule has 112 valence electrons. The average molecular weight is 281 g/mol. The first-order chi connectivity index (χ1) is 10.2. The summed E-state index contributed by atoms with van der Waals surface area (Å²) in [7, 11) is 0. The molecular weight excluding hydrogens is 254 g/mol. The van der Waals surface area contributed by atoms with Gasteiger partial charge in [0.1, 0.15) is 0 Å². The fraction of sp³-hybridized carbons (Fsp3) is 0.600. The van der Waals surface area contributed by atoms with Crippen molar-refractivity contribution in [3.05, 3.63) is 48.2 Å². The Labute approximate surface area is 129 Å². The van der Waals surface area contributed by atoms with E-state index in [1.54, 1.807) is 0 Å². The zero-order valence-electron chi connectivity index (χ0n) is 13.2. The van der Waals surface area contributed by atoms with E-state index in [2.05, 4.69) is 48.7 Å². The van der Waals surface area contributed by atoms with Gasteiger partial charge in [-0.25, -0.2) is 0 Å². The normalized spacial score (nSPS) is 31.0. The van der Waals surface area contributed by atoms with Crippen molar-refractivity contribution in [1.29, 1.82) is 0 Å². The van der Waals surface area contributed by atoms with Crippen molar-refractivity contribution < 1.29 is 0 Å². The molecule has 3 aliphatic carbocycles. The highest BCUT2D eigenvalue weighted by atomic mass is 15.2. The first kappa shape index (κ1) is 13.4. The molecule has 21 heavy (non-hydrogen) atoms. The first-order valence-corrected chi connectivity index (χ1v) is 8.64. The molecule has 3 saturated carbocycles. The molecule has 0 aliphatic heterocycles. The van der Waals surface area contributed by atoms with Crippen LogP contribution < -0.4 is 0 Å². The summed E-state index contributed by atoms with van der Waals surface area (Å²) in [6.07, 6.45) is 6.97. The van der Waals surface area contributed by atoms with Crippen molar-refractivity contribution >= 4 is 0 Å². The van der Waals surface area contributed by atoms with E-state index in [0.29, 0.717) is 5.41 Å². The Bertz CT molecular complexity index is 526. The molecule has 2 atom stereocenters. The molecule has 1 aromatic rings. The lowest BCUT2D eigenvalue weighted by Crippen LogP contribution is -2.31. The Morgan fingerprint density at radius 3 is 2.52 bits per heavy atom. The van der Waals surface area contributed by atoms with Gasteiger partial charge < -0.3 is 4.90 Å². The van der Waals surface area contributed by atoms with E-state index in [1.807, 2.05) is 0 Å². The van der Waals surface area contributed by atoms with E-state index < -0.39 is 0 Å². The zero-order chi connectivity index (χ0) is 14.4. The summed E-state index contributed by atoms with van der Waals surface area (Å²) >= 11 is 0. The second-order valence-electron chi connectivity index (χ2n) is 7.91. The first-order valence-electron chi connectivity index (χ1n) is 8.64. The topological polar surface area (TPSA) is 3.24 Å². The van der Waals surface area contributed by atoms with Crippen LogP contribution in [-0.4, -0.2) is 18.0 Å². The summed E-state index contributed by atoms with van der Waals surface area (Å²) in [6, 6.07) is 11.1. The largest absolute Gasteiger partial charge is 0.374 e. The molecule has 1 nitrogen and oxygen atoms in total. The van der Waals surface area contributed by atoms with Gasteiger partial charge in [-0.2, -0.15) is 0 Å². The van der Waals surface area contributed by atoms with E-state index in [4.69, 9.17) is 0 Å². The van der Waals surface area contributed by atoms with Crippen LogP contribution in [0.15, 0.2) is 42.6 Å². The van der Waals surface area contributed by atoms with Crippen LogP contribution in [0.25, 0.3) is 0 Å². The quantitative estimate of drug-likeness (QED) is 0.693. The molecule has 4 rings (SSSR count). The van der Waals surface area contributed by atoms with Gasteiger partial charge in [-0.3, -0.25) is 0 Å². The number of nitrogens with zero attached hydrogens (tertiary/aromatic N) is 1. The third-order valence-corrected chi connectivity index (χ3v) is 5.74.